The van der Waals surface area contributed by atoms with Gasteiger partial charge >= 0.3 is 0 Å². The van der Waals surface area contributed by atoms with Crippen LogP contribution in [0.15, 0.2) is 47.4 Å². The molecule has 0 saturated heterocycles. The van der Waals surface area contributed by atoms with Gasteiger partial charge in [-0.3, -0.25) is 0 Å². The van der Waals surface area contributed by atoms with Crippen LogP contribution < -0.4 is 5.73 Å². The van der Waals surface area contributed by atoms with Gasteiger partial charge < -0.3 is 5.73 Å². The molecule has 2 unspecified atom stereocenters. The molecule has 1 aliphatic carbocycles. The molecule has 0 bridgehead atoms. The summed E-state index contributed by atoms with van der Waals surface area (Å²) >= 11 is 1.73. The number of fused-ring (bicyclic) bond motifs is 1. The number of benzene rings is 2. The number of halogens is 1. The van der Waals surface area contributed by atoms with Crippen LogP contribution in [0.4, 0.5) is 4.39 Å². The Bertz CT molecular complexity index is 639. The highest BCUT2D eigenvalue weighted by Crippen LogP contribution is 2.39. The van der Waals surface area contributed by atoms with Crippen molar-refractivity contribution in [2.24, 2.45) is 5.73 Å². The van der Waals surface area contributed by atoms with E-state index in [2.05, 4.69) is 18.2 Å². The first-order valence-electron chi connectivity index (χ1n) is 7.43. The van der Waals surface area contributed by atoms with Gasteiger partial charge in [0.25, 0.3) is 0 Å². The number of aryl methyl sites for hydroxylation is 2. The first-order chi connectivity index (χ1) is 10.1. The summed E-state index contributed by atoms with van der Waals surface area (Å²) in [7, 11) is 0. The van der Waals surface area contributed by atoms with Crippen LogP contribution in [0, 0.1) is 5.82 Å². The summed E-state index contributed by atoms with van der Waals surface area (Å²) in [6.45, 7) is 1.98. The molecule has 1 nitrogen and oxygen atoms in total. The van der Waals surface area contributed by atoms with Gasteiger partial charge in [0, 0.05) is 16.2 Å². The number of thioether (sulfide) groups is 1. The van der Waals surface area contributed by atoms with Gasteiger partial charge in [0.1, 0.15) is 5.82 Å². The largest absolute Gasteiger partial charge is 0.327 e. The predicted molar refractivity (Wildman–Crippen MR) is 87.1 cm³/mol. The van der Waals surface area contributed by atoms with E-state index in [1.165, 1.54) is 41.4 Å². The molecule has 0 radical (unpaired) electrons. The van der Waals surface area contributed by atoms with E-state index >= 15 is 0 Å². The molecule has 2 N–H and O–H groups in total. The fraction of sp³-hybridized carbons (Fsp3) is 0.333. The minimum Gasteiger partial charge on any atom is -0.327 e. The van der Waals surface area contributed by atoms with Crippen LogP contribution in [0.25, 0.3) is 0 Å². The Morgan fingerprint density at radius 3 is 2.67 bits per heavy atom. The average molecular weight is 301 g/mol. The van der Waals surface area contributed by atoms with Crippen molar-refractivity contribution in [3.8, 4) is 0 Å². The van der Waals surface area contributed by atoms with E-state index in [1.54, 1.807) is 23.9 Å². The second-order valence-electron chi connectivity index (χ2n) is 5.74. The predicted octanol–water partition coefficient (Wildman–Crippen LogP) is 4.50. The smallest absolute Gasteiger partial charge is 0.123 e. The normalized spacial score (nSPS) is 16.5. The highest BCUT2D eigenvalue weighted by Gasteiger charge is 2.19. The van der Waals surface area contributed by atoms with Crippen molar-refractivity contribution in [3.63, 3.8) is 0 Å². The molecular formula is C18H20FNS. The van der Waals surface area contributed by atoms with Crippen LogP contribution in [-0.4, -0.2) is 6.04 Å². The monoisotopic (exact) mass is 301 g/mol. The molecule has 0 heterocycles. The Labute approximate surface area is 129 Å². The number of rotatable bonds is 4. The highest BCUT2D eigenvalue weighted by molar-refractivity contribution is 7.99. The van der Waals surface area contributed by atoms with Crippen molar-refractivity contribution >= 4 is 11.8 Å². The van der Waals surface area contributed by atoms with E-state index in [0.717, 1.165) is 5.56 Å². The summed E-state index contributed by atoms with van der Waals surface area (Å²) < 4.78 is 13.5. The molecule has 3 heteroatoms. The van der Waals surface area contributed by atoms with Gasteiger partial charge in [0.2, 0.25) is 0 Å². The third-order valence-electron chi connectivity index (χ3n) is 3.99. The topological polar surface area (TPSA) is 26.0 Å². The Kier molecular flexibility index (Phi) is 4.32. The van der Waals surface area contributed by atoms with Gasteiger partial charge in [0.15, 0.2) is 0 Å². The maximum absolute atomic E-state index is 13.5. The lowest BCUT2D eigenvalue weighted by atomic mass is 10.1. The first kappa shape index (κ1) is 14.6. The minimum absolute atomic E-state index is 0.0370. The Hall–Kier alpha value is -1.32. The molecule has 110 valence electrons. The van der Waals surface area contributed by atoms with Gasteiger partial charge in [-0.25, -0.2) is 4.39 Å². The Balaban J connectivity index is 1.86. The molecule has 2 aromatic rings. The zero-order valence-corrected chi connectivity index (χ0v) is 13.0. The molecule has 0 aromatic heterocycles. The number of hydrogen-bond acceptors (Lipinski definition) is 2. The van der Waals surface area contributed by atoms with Crippen LogP contribution in [0.3, 0.4) is 0 Å². The van der Waals surface area contributed by atoms with Crippen LogP contribution in [0.1, 0.15) is 35.3 Å². The lowest BCUT2D eigenvalue weighted by molar-refractivity contribution is 0.622. The molecule has 0 aliphatic heterocycles. The summed E-state index contributed by atoms with van der Waals surface area (Å²) in [5.41, 5.74) is 10.0. The molecule has 0 fully saturated rings. The molecule has 0 amide bonds. The van der Waals surface area contributed by atoms with E-state index in [1.807, 2.05) is 13.0 Å². The van der Waals surface area contributed by atoms with E-state index in [4.69, 9.17) is 5.73 Å². The second-order valence-corrected chi connectivity index (χ2v) is 6.95. The van der Waals surface area contributed by atoms with Crippen LogP contribution >= 0.6 is 11.8 Å². The fourth-order valence-electron chi connectivity index (χ4n) is 2.93. The van der Waals surface area contributed by atoms with Gasteiger partial charge in [0.05, 0.1) is 0 Å². The Morgan fingerprint density at radius 1 is 1.10 bits per heavy atom. The molecule has 2 aromatic carbocycles. The third-order valence-corrected chi connectivity index (χ3v) is 5.47. The van der Waals surface area contributed by atoms with Crippen LogP contribution in [0.5, 0.6) is 0 Å². The number of hydrogen-bond donors (Lipinski definition) is 1. The minimum atomic E-state index is -0.201. The third kappa shape index (κ3) is 3.30. The maximum atomic E-state index is 13.5. The van der Waals surface area contributed by atoms with E-state index in [9.17, 15) is 4.39 Å². The molecule has 0 spiro atoms. The van der Waals surface area contributed by atoms with Crippen molar-refractivity contribution in [1.29, 1.82) is 0 Å². The summed E-state index contributed by atoms with van der Waals surface area (Å²) in [5.74, 6) is -0.201. The SMILES string of the molecule is CC(N)C(Sc1ccc2c(c1)CCC2)c1cccc(F)c1. The van der Waals surface area contributed by atoms with Gasteiger partial charge in [-0.05, 0) is 67.1 Å². The van der Waals surface area contributed by atoms with Crippen LogP contribution in [0.2, 0.25) is 0 Å². The van der Waals surface area contributed by atoms with Crippen molar-refractivity contribution in [3.05, 3.63) is 65.0 Å². The van der Waals surface area contributed by atoms with Gasteiger partial charge in [-0.1, -0.05) is 18.2 Å². The molecule has 1 aliphatic rings. The first-order valence-corrected chi connectivity index (χ1v) is 8.31. The van der Waals surface area contributed by atoms with E-state index < -0.39 is 0 Å². The average Bonchev–Trinajstić information content (AvgIpc) is 2.92. The summed E-state index contributed by atoms with van der Waals surface area (Å²) in [6.07, 6.45) is 3.62. The summed E-state index contributed by atoms with van der Waals surface area (Å²) in [5, 5.41) is 0.0696. The number of nitrogens with two attached hydrogens (primary N) is 1. The zero-order chi connectivity index (χ0) is 14.8. The molecular weight excluding hydrogens is 281 g/mol. The second kappa shape index (κ2) is 6.20. The molecule has 3 rings (SSSR count). The van der Waals surface area contributed by atoms with E-state index in [-0.39, 0.29) is 17.1 Å². The Morgan fingerprint density at radius 2 is 1.90 bits per heavy atom. The lowest BCUT2D eigenvalue weighted by Crippen LogP contribution is -2.22. The molecule has 21 heavy (non-hydrogen) atoms. The molecule has 0 saturated carbocycles. The summed E-state index contributed by atoms with van der Waals surface area (Å²) in [4.78, 5) is 1.22. The van der Waals surface area contributed by atoms with E-state index in [0.29, 0.717) is 0 Å². The lowest BCUT2D eigenvalue weighted by Gasteiger charge is -2.21. The summed E-state index contributed by atoms with van der Waals surface area (Å²) in [6, 6.07) is 13.4. The van der Waals surface area contributed by atoms with Crippen LogP contribution in [-0.2, 0) is 12.8 Å². The maximum Gasteiger partial charge on any atom is 0.123 e. The van der Waals surface area contributed by atoms with Crippen molar-refractivity contribution in [1.82, 2.24) is 0 Å². The van der Waals surface area contributed by atoms with Gasteiger partial charge in [-0.15, -0.1) is 11.8 Å². The zero-order valence-electron chi connectivity index (χ0n) is 12.2. The highest BCUT2D eigenvalue weighted by atomic mass is 32.2. The standard InChI is InChI=1S/C18H20FNS/c1-12(20)18(15-6-3-7-16(19)10-15)21-17-9-8-13-4-2-5-14(13)11-17/h3,6-12,18H,2,4-5,20H2,1H3. The quantitative estimate of drug-likeness (QED) is 0.842. The van der Waals surface area contributed by atoms with Crippen molar-refractivity contribution in [2.45, 2.75) is 42.4 Å². The fourth-order valence-corrected chi connectivity index (χ4v) is 4.08. The van der Waals surface area contributed by atoms with Gasteiger partial charge in [-0.2, -0.15) is 0 Å². The molecule has 2 atom stereocenters. The van der Waals surface area contributed by atoms with Crippen molar-refractivity contribution in [2.75, 3.05) is 0 Å². The van der Waals surface area contributed by atoms with Crippen molar-refractivity contribution < 1.29 is 4.39 Å².